The van der Waals surface area contributed by atoms with Crippen LogP contribution in [-0.2, 0) is 6.54 Å². The molecule has 2 aromatic rings. The van der Waals surface area contributed by atoms with Crippen molar-refractivity contribution in [2.24, 2.45) is 0 Å². The van der Waals surface area contributed by atoms with Crippen molar-refractivity contribution in [3.63, 3.8) is 0 Å². The fourth-order valence-corrected chi connectivity index (χ4v) is 2.64. The molecule has 5 nitrogen and oxygen atoms in total. The van der Waals surface area contributed by atoms with Gasteiger partial charge in [0.2, 0.25) is 0 Å². The highest BCUT2D eigenvalue weighted by Crippen LogP contribution is 2.27. The molecule has 0 amide bonds. The van der Waals surface area contributed by atoms with Crippen LogP contribution < -0.4 is 4.90 Å². The van der Waals surface area contributed by atoms with Crippen LogP contribution in [0.15, 0.2) is 36.8 Å². The van der Waals surface area contributed by atoms with Gasteiger partial charge in [-0.1, -0.05) is 0 Å². The molecule has 3 rings (SSSR count). The molecule has 2 aromatic heterocycles. The van der Waals surface area contributed by atoms with Crippen LogP contribution in [0.1, 0.15) is 18.4 Å². The average Bonchev–Trinajstić information content (AvgIpc) is 3.11. The van der Waals surface area contributed by atoms with E-state index >= 15 is 0 Å². The van der Waals surface area contributed by atoms with Crippen molar-refractivity contribution >= 4 is 5.82 Å². The summed E-state index contributed by atoms with van der Waals surface area (Å²) in [4.78, 5) is 6.62. The second kappa shape index (κ2) is 5.11. The number of nitrogens with zero attached hydrogens (tertiary/aromatic N) is 5. The largest absolute Gasteiger partial charge is 0.351 e. The third kappa shape index (κ3) is 2.29. The molecular formula is C14H15N5. The summed E-state index contributed by atoms with van der Waals surface area (Å²) in [5.74, 6) is 0.805. The Morgan fingerprint density at radius 1 is 1.37 bits per heavy atom. The summed E-state index contributed by atoms with van der Waals surface area (Å²) < 4.78 is 1.94. The van der Waals surface area contributed by atoms with Crippen LogP contribution in [0.4, 0.5) is 5.82 Å². The molecule has 0 saturated carbocycles. The van der Waals surface area contributed by atoms with E-state index in [0.29, 0.717) is 11.6 Å². The van der Waals surface area contributed by atoms with Gasteiger partial charge in [0, 0.05) is 25.1 Å². The quantitative estimate of drug-likeness (QED) is 0.837. The van der Waals surface area contributed by atoms with E-state index in [4.69, 9.17) is 0 Å². The average molecular weight is 253 g/mol. The standard InChI is InChI=1S/C14H15N5/c15-10-12-4-1-6-16-14(12)19-9-2-5-13(19)11-18-8-3-7-17-18/h1,3-4,6-8,13H,2,5,9,11H2/t13-/m0/s1. The maximum absolute atomic E-state index is 9.19. The second-order valence-corrected chi connectivity index (χ2v) is 4.70. The molecule has 5 heteroatoms. The van der Waals surface area contributed by atoms with E-state index in [1.165, 1.54) is 0 Å². The Hall–Kier alpha value is -2.35. The van der Waals surface area contributed by atoms with E-state index in [2.05, 4.69) is 21.1 Å². The van der Waals surface area contributed by atoms with E-state index in [-0.39, 0.29) is 0 Å². The van der Waals surface area contributed by atoms with E-state index in [9.17, 15) is 5.26 Å². The van der Waals surface area contributed by atoms with Gasteiger partial charge in [-0.3, -0.25) is 4.68 Å². The van der Waals surface area contributed by atoms with Gasteiger partial charge in [0.25, 0.3) is 0 Å². The molecule has 0 spiro atoms. The lowest BCUT2D eigenvalue weighted by molar-refractivity contribution is 0.507. The minimum atomic E-state index is 0.363. The van der Waals surface area contributed by atoms with Gasteiger partial charge in [-0.15, -0.1) is 0 Å². The van der Waals surface area contributed by atoms with Crippen LogP contribution in [0, 0.1) is 11.3 Å². The highest BCUT2D eigenvalue weighted by Gasteiger charge is 2.27. The van der Waals surface area contributed by atoms with Gasteiger partial charge in [0.1, 0.15) is 11.9 Å². The number of anilines is 1. The van der Waals surface area contributed by atoms with Crippen molar-refractivity contribution in [2.75, 3.05) is 11.4 Å². The van der Waals surface area contributed by atoms with Gasteiger partial charge in [-0.25, -0.2) is 4.98 Å². The predicted molar refractivity (Wildman–Crippen MR) is 71.5 cm³/mol. The summed E-state index contributed by atoms with van der Waals surface area (Å²) in [7, 11) is 0. The summed E-state index contributed by atoms with van der Waals surface area (Å²) in [6.45, 7) is 1.80. The molecule has 0 aliphatic carbocycles. The number of hydrogen-bond donors (Lipinski definition) is 0. The van der Waals surface area contributed by atoms with Gasteiger partial charge in [-0.05, 0) is 31.0 Å². The maximum atomic E-state index is 9.19. The highest BCUT2D eigenvalue weighted by atomic mass is 15.3. The zero-order valence-electron chi connectivity index (χ0n) is 10.6. The number of pyridine rings is 1. The molecule has 19 heavy (non-hydrogen) atoms. The van der Waals surface area contributed by atoms with Crippen LogP contribution in [0.3, 0.4) is 0 Å². The molecule has 1 saturated heterocycles. The Kier molecular flexibility index (Phi) is 3.15. The second-order valence-electron chi connectivity index (χ2n) is 4.70. The lowest BCUT2D eigenvalue weighted by Crippen LogP contribution is -2.34. The van der Waals surface area contributed by atoms with Gasteiger partial charge >= 0.3 is 0 Å². The molecule has 96 valence electrons. The third-order valence-electron chi connectivity index (χ3n) is 3.51. The first-order chi connectivity index (χ1) is 9.38. The zero-order chi connectivity index (χ0) is 13.1. The molecular weight excluding hydrogens is 238 g/mol. The SMILES string of the molecule is N#Cc1cccnc1N1CCC[C@H]1Cn1cccn1. The van der Waals surface area contributed by atoms with E-state index in [0.717, 1.165) is 31.7 Å². The van der Waals surface area contributed by atoms with Gasteiger partial charge in [-0.2, -0.15) is 10.4 Å². The normalized spacial score (nSPS) is 18.5. The molecule has 0 unspecified atom stereocenters. The van der Waals surface area contributed by atoms with Crippen LogP contribution >= 0.6 is 0 Å². The van der Waals surface area contributed by atoms with E-state index in [1.807, 2.05) is 23.0 Å². The van der Waals surface area contributed by atoms with Gasteiger partial charge in [0.15, 0.2) is 0 Å². The molecule has 1 aliphatic rings. The topological polar surface area (TPSA) is 57.7 Å². The Morgan fingerprint density at radius 3 is 3.11 bits per heavy atom. The number of aromatic nitrogens is 3. The summed E-state index contributed by atoms with van der Waals surface area (Å²) in [5, 5.41) is 13.4. The van der Waals surface area contributed by atoms with Gasteiger partial charge in [0.05, 0.1) is 18.2 Å². The van der Waals surface area contributed by atoms with Crippen LogP contribution in [0.25, 0.3) is 0 Å². The van der Waals surface area contributed by atoms with Crippen molar-refractivity contribution in [3.8, 4) is 6.07 Å². The fraction of sp³-hybridized carbons (Fsp3) is 0.357. The summed E-state index contributed by atoms with van der Waals surface area (Å²) in [5.41, 5.74) is 0.648. The van der Waals surface area contributed by atoms with Gasteiger partial charge < -0.3 is 4.90 Å². The molecule has 1 fully saturated rings. The Balaban J connectivity index is 1.85. The molecule has 0 N–H and O–H groups in total. The minimum Gasteiger partial charge on any atom is -0.351 e. The molecule has 1 aliphatic heterocycles. The number of rotatable bonds is 3. The van der Waals surface area contributed by atoms with E-state index in [1.54, 1.807) is 18.5 Å². The lowest BCUT2D eigenvalue weighted by Gasteiger charge is -2.26. The molecule has 3 heterocycles. The van der Waals surface area contributed by atoms with Crippen molar-refractivity contribution < 1.29 is 0 Å². The monoisotopic (exact) mass is 253 g/mol. The molecule has 0 aromatic carbocycles. The van der Waals surface area contributed by atoms with Crippen molar-refractivity contribution in [3.05, 3.63) is 42.4 Å². The number of hydrogen-bond acceptors (Lipinski definition) is 4. The third-order valence-corrected chi connectivity index (χ3v) is 3.51. The molecule has 1 atom stereocenters. The Bertz CT molecular complexity index is 584. The lowest BCUT2D eigenvalue weighted by atomic mass is 10.2. The van der Waals surface area contributed by atoms with Crippen LogP contribution in [0.2, 0.25) is 0 Å². The predicted octanol–water partition coefficient (Wildman–Crippen LogP) is 1.82. The summed E-state index contributed by atoms with van der Waals surface area (Å²) in [6, 6.07) is 8.15. The number of nitriles is 1. The van der Waals surface area contributed by atoms with Crippen molar-refractivity contribution in [2.45, 2.75) is 25.4 Å². The summed E-state index contributed by atoms with van der Waals surface area (Å²) in [6.07, 6.45) is 7.76. The van der Waals surface area contributed by atoms with Crippen LogP contribution in [0.5, 0.6) is 0 Å². The summed E-state index contributed by atoms with van der Waals surface area (Å²) >= 11 is 0. The van der Waals surface area contributed by atoms with Crippen molar-refractivity contribution in [1.82, 2.24) is 14.8 Å². The first-order valence-electron chi connectivity index (χ1n) is 6.47. The zero-order valence-corrected chi connectivity index (χ0v) is 10.6. The molecule has 0 radical (unpaired) electrons. The highest BCUT2D eigenvalue weighted by molar-refractivity contribution is 5.54. The maximum Gasteiger partial charge on any atom is 0.146 e. The smallest absolute Gasteiger partial charge is 0.146 e. The Labute approximate surface area is 112 Å². The first kappa shape index (κ1) is 11.7. The molecule has 0 bridgehead atoms. The van der Waals surface area contributed by atoms with Crippen molar-refractivity contribution in [1.29, 1.82) is 5.26 Å². The fourth-order valence-electron chi connectivity index (χ4n) is 2.64. The minimum absolute atomic E-state index is 0.363. The first-order valence-corrected chi connectivity index (χ1v) is 6.47. The Morgan fingerprint density at radius 2 is 2.32 bits per heavy atom. The van der Waals surface area contributed by atoms with Crippen LogP contribution in [-0.4, -0.2) is 27.4 Å². The van der Waals surface area contributed by atoms with E-state index < -0.39 is 0 Å².